The van der Waals surface area contributed by atoms with Crippen molar-refractivity contribution in [2.75, 3.05) is 12.4 Å². The zero-order chi connectivity index (χ0) is 14.5. The van der Waals surface area contributed by atoms with E-state index in [0.29, 0.717) is 0 Å². The monoisotopic (exact) mass is 348 g/mol. The molecule has 0 aliphatic carbocycles. The average molecular weight is 349 g/mol. The zero-order valence-corrected chi connectivity index (χ0v) is 12.7. The van der Waals surface area contributed by atoms with Crippen molar-refractivity contribution in [2.45, 2.75) is 18.2 Å². The predicted molar refractivity (Wildman–Crippen MR) is 72.5 cm³/mol. The molecule has 0 N–H and O–H groups in total. The van der Waals surface area contributed by atoms with Crippen LogP contribution in [0.5, 0.6) is 0 Å². The van der Waals surface area contributed by atoms with E-state index in [4.69, 9.17) is 0 Å². The summed E-state index contributed by atoms with van der Waals surface area (Å²) in [5.41, 5.74) is 0. The Bertz CT molecular complexity index is 562. The normalized spacial score (nSPS) is 11.1. The predicted octanol–water partition coefficient (Wildman–Crippen LogP) is 1.75. The van der Waals surface area contributed by atoms with E-state index in [-0.39, 0.29) is 11.5 Å². The highest BCUT2D eigenvalue weighted by atomic mass is 79.9. The molecule has 0 radical (unpaired) electrons. The van der Waals surface area contributed by atoms with Crippen molar-refractivity contribution < 1.29 is 22.7 Å². The summed E-state index contributed by atoms with van der Waals surface area (Å²) in [6.45, 7) is 1.77. The summed E-state index contributed by atoms with van der Waals surface area (Å²) in [5, 5.41) is 0. The van der Waals surface area contributed by atoms with Gasteiger partial charge in [0, 0.05) is 4.47 Å². The van der Waals surface area contributed by atoms with Crippen LogP contribution in [0.25, 0.3) is 0 Å². The fourth-order valence-electron chi connectivity index (χ4n) is 1.36. The molecule has 0 fully saturated rings. The summed E-state index contributed by atoms with van der Waals surface area (Å²) in [6, 6.07) is 5.94. The molecule has 0 aliphatic rings. The smallest absolute Gasteiger partial charge is 0.313 e. The molecule has 1 aromatic rings. The Morgan fingerprint density at radius 3 is 2.32 bits per heavy atom. The Hall–Kier alpha value is -1.21. The Balaban J connectivity index is 2.72. The lowest BCUT2D eigenvalue weighted by Crippen LogP contribution is -2.20. The highest BCUT2D eigenvalue weighted by Crippen LogP contribution is 2.16. The molecule has 0 bridgehead atoms. The number of carbonyl (C=O) groups is 2. The van der Waals surface area contributed by atoms with Crippen molar-refractivity contribution in [3.63, 3.8) is 0 Å². The first-order chi connectivity index (χ1) is 8.85. The summed E-state index contributed by atoms with van der Waals surface area (Å²) in [4.78, 5) is 22.6. The van der Waals surface area contributed by atoms with Gasteiger partial charge in [-0.1, -0.05) is 15.9 Å². The zero-order valence-electron chi connectivity index (χ0n) is 10.3. The van der Waals surface area contributed by atoms with E-state index >= 15 is 0 Å². The van der Waals surface area contributed by atoms with Gasteiger partial charge < -0.3 is 4.74 Å². The van der Waals surface area contributed by atoms with Gasteiger partial charge in [0.25, 0.3) is 0 Å². The maximum Gasteiger partial charge on any atom is 0.313 e. The summed E-state index contributed by atoms with van der Waals surface area (Å²) in [7, 11) is -3.71. The van der Waals surface area contributed by atoms with Crippen LogP contribution in [-0.4, -0.2) is 32.5 Å². The summed E-state index contributed by atoms with van der Waals surface area (Å²) in [6.07, 6.45) is -0.524. The van der Waals surface area contributed by atoms with Crippen LogP contribution in [0, 0.1) is 0 Å². The highest BCUT2D eigenvalue weighted by molar-refractivity contribution is 9.10. The lowest BCUT2D eigenvalue weighted by atomic mass is 10.3. The van der Waals surface area contributed by atoms with Gasteiger partial charge in [-0.3, -0.25) is 9.59 Å². The molecule has 0 aromatic heterocycles. The number of benzene rings is 1. The molecule has 7 heteroatoms. The fraction of sp³-hybridized carbons (Fsp3) is 0.333. The van der Waals surface area contributed by atoms with Gasteiger partial charge in [-0.05, 0) is 31.2 Å². The lowest BCUT2D eigenvalue weighted by Gasteiger charge is -2.04. The van der Waals surface area contributed by atoms with E-state index < -0.39 is 33.8 Å². The third kappa shape index (κ3) is 5.12. The van der Waals surface area contributed by atoms with Crippen LogP contribution in [0.2, 0.25) is 0 Å². The van der Waals surface area contributed by atoms with Crippen LogP contribution >= 0.6 is 15.9 Å². The van der Waals surface area contributed by atoms with Gasteiger partial charge in [0.1, 0.15) is 12.2 Å². The minimum Gasteiger partial charge on any atom is -0.466 e. The number of ketones is 1. The van der Waals surface area contributed by atoms with E-state index in [1.54, 1.807) is 19.1 Å². The Labute approximate surface area is 120 Å². The Morgan fingerprint density at radius 1 is 1.21 bits per heavy atom. The first kappa shape index (κ1) is 15.8. The van der Waals surface area contributed by atoms with Gasteiger partial charge >= 0.3 is 5.97 Å². The molecule has 0 atom stereocenters. The molecule has 1 aromatic carbocycles. The van der Waals surface area contributed by atoms with Gasteiger partial charge in [-0.2, -0.15) is 0 Å². The number of hydrogen-bond acceptors (Lipinski definition) is 5. The van der Waals surface area contributed by atoms with Crippen molar-refractivity contribution in [1.82, 2.24) is 0 Å². The SMILES string of the molecule is CCOC(=O)CC(=O)CS(=O)(=O)c1ccc(Br)cc1. The van der Waals surface area contributed by atoms with Gasteiger partial charge in [0.05, 0.1) is 11.5 Å². The fourth-order valence-corrected chi connectivity index (χ4v) is 2.87. The van der Waals surface area contributed by atoms with E-state index in [1.807, 2.05) is 0 Å². The second-order valence-electron chi connectivity index (χ2n) is 3.73. The third-order valence-electron chi connectivity index (χ3n) is 2.17. The van der Waals surface area contributed by atoms with E-state index in [9.17, 15) is 18.0 Å². The lowest BCUT2D eigenvalue weighted by molar-refractivity contribution is -0.145. The van der Waals surface area contributed by atoms with Crippen molar-refractivity contribution in [3.05, 3.63) is 28.7 Å². The number of rotatable bonds is 6. The second kappa shape index (κ2) is 6.81. The molecular weight excluding hydrogens is 336 g/mol. The molecule has 0 saturated carbocycles. The summed E-state index contributed by atoms with van der Waals surface area (Å²) in [5.74, 6) is -2.09. The minimum absolute atomic E-state index is 0.0490. The topological polar surface area (TPSA) is 77.5 Å². The first-order valence-electron chi connectivity index (χ1n) is 5.51. The first-order valence-corrected chi connectivity index (χ1v) is 7.95. The Kier molecular flexibility index (Phi) is 5.68. The average Bonchev–Trinajstić information content (AvgIpc) is 2.28. The molecule has 1 rings (SSSR count). The van der Waals surface area contributed by atoms with Crippen molar-refractivity contribution in [2.24, 2.45) is 0 Å². The van der Waals surface area contributed by atoms with Gasteiger partial charge in [-0.15, -0.1) is 0 Å². The molecule has 104 valence electrons. The highest BCUT2D eigenvalue weighted by Gasteiger charge is 2.21. The van der Waals surface area contributed by atoms with Crippen LogP contribution in [-0.2, 0) is 24.2 Å². The molecule has 0 spiro atoms. The standard InChI is InChI=1S/C12H13BrO5S/c1-2-18-12(15)7-10(14)8-19(16,17)11-5-3-9(13)4-6-11/h3-6H,2,7-8H2,1H3. The van der Waals surface area contributed by atoms with Crippen LogP contribution in [0.1, 0.15) is 13.3 Å². The molecule has 0 unspecified atom stereocenters. The molecule has 0 amide bonds. The summed E-state index contributed by atoms with van der Waals surface area (Å²) < 4.78 is 29.1. The number of hydrogen-bond donors (Lipinski definition) is 0. The van der Waals surface area contributed by atoms with Crippen LogP contribution in [0.3, 0.4) is 0 Å². The number of carbonyl (C=O) groups excluding carboxylic acids is 2. The van der Waals surface area contributed by atoms with Gasteiger partial charge in [0.15, 0.2) is 15.6 Å². The van der Waals surface area contributed by atoms with Gasteiger partial charge in [0.2, 0.25) is 0 Å². The molecule has 0 saturated heterocycles. The third-order valence-corrected chi connectivity index (χ3v) is 4.39. The van der Waals surface area contributed by atoms with E-state index in [0.717, 1.165) is 4.47 Å². The number of ether oxygens (including phenoxy) is 1. The van der Waals surface area contributed by atoms with Crippen molar-refractivity contribution >= 4 is 37.5 Å². The van der Waals surface area contributed by atoms with Crippen molar-refractivity contribution in [1.29, 1.82) is 0 Å². The number of halogens is 1. The molecular formula is C12H13BrO5S. The number of Topliss-reactive ketones (excluding diaryl/α,β-unsaturated/α-hetero) is 1. The van der Waals surface area contributed by atoms with E-state index in [2.05, 4.69) is 20.7 Å². The number of esters is 1. The largest absolute Gasteiger partial charge is 0.466 e. The van der Waals surface area contributed by atoms with Crippen LogP contribution in [0.15, 0.2) is 33.6 Å². The van der Waals surface area contributed by atoms with Crippen molar-refractivity contribution in [3.8, 4) is 0 Å². The minimum atomic E-state index is -3.71. The van der Waals surface area contributed by atoms with Crippen LogP contribution < -0.4 is 0 Å². The molecule has 0 heterocycles. The van der Waals surface area contributed by atoms with Crippen LogP contribution in [0.4, 0.5) is 0 Å². The maximum atomic E-state index is 11.9. The molecule has 5 nitrogen and oxygen atoms in total. The maximum absolute atomic E-state index is 11.9. The van der Waals surface area contributed by atoms with E-state index in [1.165, 1.54) is 12.1 Å². The Morgan fingerprint density at radius 2 is 1.79 bits per heavy atom. The quantitative estimate of drug-likeness (QED) is 0.578. The number of sulfone groups is 1. The molecule has 0 aliphatic heterocycles. The molecule has 19 heavy (non-hydrogen) atoms. The van der Waals surface area contributed by atoms with Gasteiger partial charge in [-0.25, -0.2) is 8.42 Å². The second-order valence-corrected chi connectivity index (χ2v) is 6.64. The summed E-state index contributed by atoms with van der Waals surface area (Å²) >= 11 is 3.19.